The van der Waals surface area contributed by atoms with Gasteiger partial charge in [0.1, 0.15) is 6.29 Å². The first-order valence-electron chi connectivity index (χ1n) is 10.3. The fourth-order valence-corrected chi connectivity index (χ4v) is 3.57. The van der Waals surface area contributed by atoms with Gasteiger partial charge in [-0.25, -0.2) is 0 Å². The molecule has 0 radical (unpaired) electrons. The number of hydrogen-bond acceptors (Lipinski definition) is 7. The molecule has 0 aliphatic carbocycles. The van der Waals surface area contributed by atoms with Gasteiger partial charge in [-0.3, -0.25) is 29.2 Å². The molecule has 2 N–H and O–H groups in total. The summed E-state index contributed by atoms with van der Waals surface area (Å²) in [4.78, 5) is 41.4. The first kappa shape index (κ1) is 23.9. The molecular weight excluding hydrogens is 388 g/mol. The molecule has 2 rings (SSSR count). The Morgan fingerprint density at radius 3 is 1.83 bits per heavy atom. The Labute approximate surface area is 177 Å². The topological polar surface area (TPSA) is 105 Å². The first-order valence-corrected chi connectivity index (χ1v) is 10.3. The molecule has 0 amide bonds. The molecule has 0 aromatic heterocycles. The molecule has 166 valence electrons. The lowest BCUT2D eigenvalue weighted by atomic mass is 10.2. The number of rotatable bonds is 11. The quantitative estimate of drug-likeness (QED) is 0.470. The van der Waals surface area contributed by atoms with Gasteiger partial charge in [0.2, 0.25) is 0 Å². The second-order valence-corrected chi connectivity index (χ2v) is 7.57. The summed E-state index contributed by atoms with van der Waals surface area (Å²) < 4.78 is 0. The van der Waals surface area contributed by atoms with Gasteiger partial charge in [0.25, 0.3) is 0 Å². The van der Waals surface area contributed by atoms with E-state index in [-0.39, 0.29) is 13.1 Å². The Kier molecular flexibility index (Phi) is 10.4. The molecule has 1 aliphatic heterocycles. The number of carboxylic acids is 2. The fraction of sp³-hybridized carbons (Fsp3) is 0.571. The molecule has 1 aromatic carbocycles. The van der Waals surface area contributed by atoms with E-state index in [1.807, 2.05) is 40.1 Å². The van der Waals surface area contributed by atoms with E-state index >= 15 is 0 Å². The van der Waals surface area contributed by atoms with Gasteiger partial charge in [-0.05, 0) is 5.56 Å². The van der Waals surface area contributed by atoms with Crippen LogP contribution in [0.15, 0.2) is 30.3 Å². The minimum Gasteiger partial charge on any atom is -0.480 e. The van der Waals surface area contributed by atoms with Crippen LogP contribution in [-0.4, -0.2) is 120 Å². The van der Waals surface area contributed by atoms with Crippen molar-refractivity contribution in [2.75, 3.05) is 72.0 Å². The normalized spacial score (nSPS) is 17.2. The first-order chi connectivity index (χ1) is 14.5. The lowest BCUT2D eigenvalue weighted by Gasteiger charge is -2.28. The van der Waals surface area contributed by atoms with Crippen LogP contribution in [0.5, 0.6) is 0 Å². The van der Waals surface area contributed by atoms with Crippen molar-refractivity contribution in [1.29, 1.82) is 0 Å². The SMILES string of the molecule is O=CCN(CCN1CCN(CC(=O)O)CCN(CC(=O)O)CC1)Cc1ccccc1. The average molecular weight is 421 g/mol. The average Bonchev–Trinajstić information content (AvgIpc) is 2.78. The van der Waals surface area contributed by atoms with Crippen LogP contribution in [0.25, 0.3) is 0 Å². The molecule has 9 nitrogen and oxygen atoms in total. The van der Waals surface area contributed by atoms with Crippen molar-refractivity contribution in [2.45, 2.75) is 6.54 Å². The Bertz CT molecular complexity index is 645. The third kappa shape index (κ3) is 9.45. The zero-order valence-corrected chi connectivity index (χ0v) is 17.4. The summed E-state index contributed by atoms with van der Waals surface area (Å²) in [5, 5.41) is 18.3. The summed E-state index contributed by atoms with van der Waals surface area (Å²) in [6.45, 7) is 6.02. The van der Waals surface area contributed by atoms with Crippen molar-refractivity contribution in [3.8, 4) is 0 Å². The van der Waals surface area contributed by atoms with Crippen molar-refractivity contribution in [2.24, 2.45) is 0 Å². The van der Waals surface area contributed by atoms with Crippen LogP contribution in [-0.2, 0) is 20.9 Å². The van der Waals surface area contributed by atoms with Crippen LogP contribution < -0.4 is 0 Å². The maximum atomic E-state index is 11.2. The molecule has 1 fully saturated rings. The summed E-state index contributed by atoms with van der Waals surface area (Å²) in [7, 11) is 0. The highest BCUT2D eigenvalue weighted by molar-refractivity contribution is 5.69. The third-order valence-electron chi connectivity index (χ3n) is 5.23. The van der Waals surface area contributed by atoms with Crippen LogP contribution >= 0.6 is 0 Å². The Balaban J connectivity index is 1.96. The van der Waals surface area contributed by atoms with Crippen molar-refractivity contribution >= 4 is 18.2 Å². The predicted octanol–water partition coefficient (Wildman–Crippen LogP) is -0.224. The van der Waals surface area contributed by atoms with Crippen LogP contribution in [0, 0.1) is 0 Å². The zero-order chi connectivity index (χ0) is 21.8. The van der Waals surface area contributed by atoms with E-state index < -0.39 is 11.9 Å². The monoisotopic (exact) mass is 420 g/mol. The Morgan fingerprint density at radius 1 is 0.867 bits per heavy atom. The summed E-state index contributed by atoms with van der Waals surface area (Å²) in [6, 6.07) is 9.98. The van der Waals surface area contributed by atoms with Gasteiger partial charge in [-0.1, -0.05) is 30.3 Å². The summed E-state index contributed by atoms with van der Waals surface area (Å²) >= 11 is 0. The molecule has 30 heavy (non-hydrogen) atoms. The van der Waals surface area contributed by atoms with Crippen LogP contribution in [0.4, 0.5) is 0 Å². The van der Waals surface area contributed by atoms with E-state index in [0.29, 0.717) is 58.9 Å². The Morgan fingerprint density at radius 2 is 1.37 bits per heavy atom. The number of benzene rings is 1. The Hall–Kier alpha value is -2.33. The van der Waals surface area contributed by atoms with Crippen molar-refractivity contribution < 1.29 is 24.6 Å². The number of carbonyl (C=O) groups is 3. The van der Waals surface area contributed by atoms with E-state index in [1.165, 1.54) is 0 Å². The van der Waals surface area contributed by atoms with E-state index in [1.54, 1.807) is 0 Å². The molecule has 1 aliphatic rings. The van der Waals surface area contributed by atoms with Crippen molar-refractivity contribution in [1.82, 2.24) is 19.6 Å². The number of hydrogen-bond donors (Lipinski definition) is 2. The minimum atomic E-state index is -0.884. The van der Waals surface area contributed by atoms with Gasteiger partial charge in [-0.2, -0.15) is 0 Å². The molecule has 0 atom stereocenters. The molecule has 1 saturated heterocycles. The van der Waals surface area contributed by atoms with E-state index in [4.69, 9.17) is 10.2 Å². The second-order valence-electron chi connectivity index (χ2n) is 7.57. The maximum absolute atomic E-state index is 11.2. The van der Waals surface area contributed by atoms with Gasteiger partial charge in [0.05, 0.1) is 19.6 Å². The largest absolute Gasteiger partial charge is 0.480 e. The second kappa shape index (κ2) is 13.1. The molecule has 1 heterocycles. The van der Waals surface area contributed by atoms with Crippen LogP contribution in [0.2, 0.25) is 0 Å². The molecule has 0 spiro atoms. The fourth-order valence-electron chi connectivity index (χ4n) is 3.57. The number of carbonyl (C=O) groups excluding carboxylic acids is 1. The molecule has 0 saturated carbocycles. The van der Waals surface area contributed by atoms with E-state index in [0.717, 1.165) is 18.4 Å². The predicted molar refractivity (Wildman–Crippen MR) is 112 cm³/mol. The van der Waals surface area contributed by atoms with Gasteiger partial charge in [0.15, 0.2) is 0 Å². The molecule has 9 heteroatoms. The third-order valence-corrected chi connectivity index (χ3v) is 5.23. The van der Waals surface area contributed by atoms with Crippen molar-refractivity contribution in [3.05, 3.63) is 35.9 Å². The highest BCUT2D eigenvalue weighted by Gasteiger charge is 2.19. The molecular formula is C21H32N4O5. The van der Waals surface area contributed by atoms with Gasteiger partial charge >= 0.3 is 11.9 Å². The smallest absolute Gasteiger partial charge is 0.317 e. The molecule has 0 bridgehead atoms. The molecule has 1 aromatic rings. The van der Waals surface area contributed by atoms with Gasteiger partial charge in [0, 0.05) is 58.9 Å². The number of aldehydes is 1. The van der Waals surface area contributed by atoms with E-state index in [9.17, 15) is 14.4 Å². The lowest BCUT2D eigenvalue weighted by Crippen LogP contribution is -2.42. The summed E-state index contributed by atoms with van der Waals surface area (Å²) in [6.07, 6.45) is 0.907. The van der Waals surface area contributed by atoms with Crippen LogP contribution in [0.3, 0.4) is 0 Å². The highest BCUT2D eigenvalue weighted by atomic mass is 16.4. The van der Waals surface area contributed by atoms with Crippen molar-refractivity contribution in [3.63, 3.8) is 0 Å². The van der Waals surface area contributed by atoms with E-state index in [2.05, 4.69) is 9.80 Å². The number of carboxylic acid groups (broad SMARTS) is 2. The van der Waals surface area contributed by atoms with Gasteiger partial charge < -0.3 is 15.0 Å². The highest BCUT2D eigenvalue weighted by Crippen LogP contribution is 2.05. The summed E-state index contributed by atoms with van der Waals surface area (Å²) in [5.41, 5.74) is 1.14. The van der Waals surface area contributed by atoms with Gasteiger partial charge in [-0.15, -0.1) is 0 Å². The minimum absolute atomic E-state index is 0.0555. The number of aliphatic carboxylic acids is 2. The summed E-state index contributed by atoms with van der Waals surface area (Å²) in [5.74, 6) is -1.77. The number of nitrogens with zero attached hydrogens (tertiary/aromatic N) is 4. The maximum Gasteiger partial charge on any atom is 0.317 e. The van der Waals surface area contributed by atoms with Crippen LogP contribution in [0.1, 0.15) is 5.56 Å². The molecule has 0 unspecified atom stereocenters. The lowest BCUT2D eigenvalue weighted by molar-refractivity contribution is -0.140. The standard InChI is InChI=1S/C21H32N4O5/c26-15-14-25(16-19-4-2-1-3-5-19)11-8-22-6-9-23(17-20(27)28)12-13-24(10-7-22)18-21(29)30/h1-5,15H,6-14,16-18H2,(H,27,28)(H,29,30). The zero-order valence-electron chi connectivity index (χ0n) is 17.4.